The smallest absolute Gasteiger partial charge is 0.0638 e. The summed E-state index contributed by atoms with van der Waals surface area (Å²) in [6, 6.07) is 0.524. The van der Waals surface area contributed by atoms with Crippen LogP contribution in [-0.4, -0.2) is 38.5 Å². The van der Waals surface area contributed by atoms with E-state index in [9.17, 15) is 0 Å². The normalized spacial score (nSPS) is 31.4. The van der Waals surface area contributed by atoms with Crippen molar-refractivity contribution in [2.24, 2.45) is 5.41 Å². The Hall–Kier alpha value is -0.120. The number of hydrogen-bond acceptors (Lipinski definition) is 3. The van der Waals surface area contributed by atoms with Crippen molar-refractivity contribution in [3.63, 3.8) is 0 Å². The van der Waals surface area contributed by atoms with Gasteiger partial charge < -0.3 is 14.8 Å². The third-order valence-corrected chi connectivity index (χ3v) is 3.29. The molecule has 0 aliphatic carbocycles. The zero-order chi connectivity index (χ0) is 11.3. The van der Waals surface area contributed by atoms with E-state index in [-0.39, 0.29) is 5.41 Å². The molecule has 90 valence electrons. The second-order valence-corrected chi connectivity index (χ2v) is 4.80. The molecule has 1 fully saturated rings. The molecule has 1 heterocycles. The second-order valence-electron chi connectivity index (χ2n) is 4.80. The predicted molar refractivity (Wildman–Crippen MR) is 62.1 cm³/mol. The maximum atomic E-state index is 5.68. The number of nitrogens with one attached hydrogen (secondary N) is 1. The van der Waals surface area contributed by atoms with Crippen LogP contribution in [0.4, 0.5) is 0 Å². The molecule has 1 aliphatic heterocycles. The zero-order valence-electron chi connectivity index (χ0n) is 10.5. The highest BCUT2D eigenvalue weighted by Crippen LogP contribution is 2.34. The van der Waals surface area contributed by atoms with Crippen LogP contribution in [-0.2, 0) is 9.47 Å². The fraction of sp³-hybridized carbons (Fsp3) is 1.00. The average molecular weight is 215 g/mol. The lowest BCUT2D eigenvalue weighted by Gasteiger charge is -2.33. The molecule has 0 radical (unpaired) electrons. The summed E-state index contributed by atoms with van der Waals surface area (Å²) in [6.45, 7) is 12.0. The van der Waals surface area contributed by atoms with Gasteiger partial charge in [0.15, 0.2) is 0 Å². The molecule has 0 aromatic carbocycles. The molecule has 1 N–H and O–H groups in total. The van der Waals surface area contributed by atoms with Gasteiger partial charge in [-0.3, -0.25) is 0 Å². The van der Waals surface area contributed by atoms with Gasteiger partial charge in [0.2, 0.25) is 0 Å². The van der Waals surface area contributed by atoms with E-state index >= 15 is 0 Å². The third-order valence-electron chi connectivity index (χ3n) is 3.29. The molecule has 0 bridgehead atoms. The standard InChI is InChI=1S/C12H25NO2/c1-5-14-9-12(8-13-10(2)3)6-7-15-11(12)4/h10-11,13H,5-9H2,1-4H3. The van der Waals surface area contributed by atoms with Crippen molar-refractivity contribution < 1.29 is 9.47 Å². The quantitative estimate of drug-likeness (QED) is 0.733. The Morgan fingerprint density at radius 2 is 2.27 bits per heavy atom. The fourth-order valence-electron chi connectivity index (χ4n) is 2.00. The van der Waals surface area contributed by atoms with E-state index in [2.05, 4.69) is 26.1 Å². The van der Waals surface area contributed by atoms with Crippen LogP contribution in [0.5, 0.6) is 0 Å². The van der Waals surface area contributed by atoms with E-state index in [1.165, 1.54) is 0 Å². The molecule has 0 amide bonds. The molecule has 1 rings (SSSR count). The maximum absolute atomic E-state index is 5.68. The lowest BCUT2D eigenvalue weighted by atomic mass is 9.82. The molecule has 1 aliphatic rings. The highest BCUT2D eigenvalue weighted by Gasteiger charge is 2.41. The number of hydrogen-bond donors (Lipinski definition) is 1. The van der Waals surface area contributed by atoms with E-state index in [1.54, 1.807) is 0 Å². The molecule has 2 unspecified atom stereocenters. The minimum absolute atomic E-state index is 0.181. The summed E-state index contributed by atoms with van der Waals surface area (Å²) in [5.74, 6) is 0. The van der Waals surface area contributed by atoms with Crippen LogP contribution < -0.4 is 5.32 Å². The van der Waals surface area contributed by atoms with Crippen molar-refractivity contribution in [2.75, 3.05) is 26.4 Å². The molecule has 15 heavy (non-hydrogen) atoms. The second kappa shape index (κ2) is 5.83. The van der Waals surface area contributed by atoms with Crippen LogP contribution in [0.2, 0.25) is 0 Å². The summed E-state index contributed by atoms with van der Waals surface area (Å²) < 4.78 is 11.3. The monoisotopic (exact) mass is 215 g/mol. The van der Waals surface area contributed by atoms with Crippen molar-refractivity contribution in [3.8, 4) is 0 Å². The molecule has 3 heteroatoms. The van der Waals surface area contributed by atoms with Gasteiger partial charge in [-0.15, -0.1) is 0 Å². The van der Waals surface area contributed by atoms with Crippen LogP contribution in [0.25, 0.3) is 0 Å². The Morgan fingerprint density at radius 3 is 2.73 bits per heavy atom. The molecule has 3 nitrogen and oxygen atoms in total. The molecule has 0 saturated carbocycles. The SMILES string of the molecule is CCOCC1(CNC(C)C)CCOC1C. The predicted octanol–water partition coefficient (Wildman–Crippen LogP) is 1.82. The average Bonchev–Trinajstić information content (AvgIpc) is 2.55. The zero-order valence-corrected chi connectivity index (χ0v) is 10.5. The largest absolute Gasteiger partial charge is 0.381 e. The van der Waals surface area contributed by atoms with Gasteiger partial charge in [0.05, 0.1) is 12.7 Å². The van der Waals surface area contributed by atoms with Crippen molar-refractivity contribution in [3.05, 3.63) is 0 Å². The van der Waals surface area contributed by atoms with Gasteiger partial charge in [-0.05, 0) is 20.3 Å². The molecule has 1 saturated heterocycles. The van der Waals surface area contributed by atoms with Crippen molar-refractivity contribution in [2.45, 2.75) is 46.3 Å². The van der Waals surface area contributed by atoms with Crippen LogP contribution in [0.15, 0.2) is 0 Å². The Balaban J connectivity index is 2.51. The molecule has 0 aromatic heterocycles. The lowest BCUT2D eigenvalue weighted by Crippen LogP contribution is -2.45. The highest BCUT2D eigenvalue weighted by molar-refractivity contribution is 4.91. The summed E-state index contributed by atoms with van der Waals surface area (Å²) in [5, 5.41) is 3.51. The van der Waals surface area contributed by atoms with Crippen LogP contribution >= 0.6 is 0 Å². The van der Waals surface area contributed by atoms with Gasteiger partial charge in [-0.25, -0.2) is 0 Å². The van der Waals surface area contributed by atoms with Crippen molar-refractivity contribution in [1.82, 2.24) is 5.32 Å². The summed E-state index contributed by atoms with van der Waals surface area (Å²) in [7, 11) is 0. The topological polar surface area (TPSA) is 30.5 Å². The Bertz CT molecular complexity index is 184. The first-order valence-corrected chi connectivity index (χ1v) is 6.03. The van der Waals surface area contributed by atoms with Gasteiger partial charge in [0.1, 0.15) is 0 Å². The maximum Gasteiger partial charge on any atom is 0.0638 e. The number of ether oxygens (including phenoxy) is 2. The van der Waals surface area contributed by atoms with Crippen LogP contribution in [0, 0.1) is 5.41 Å². The van der Waals surface area contributed by atoms with Gasteiger partial charge >= 0.3 is 0 Å². The van der Waals surface area contributed by atoms with Gasteiger partial charge in [0, 0.05) is 31.2 Å². The van der Waals surface area contributed by atoms with E-state index in [4.69, 9.17) is 9.47 Å². The van der Waals surface area contributed by atoms with E-state index in [1.807, 2.05) is 6.92 Å². The minimum atomic E-state index is 0.181. The van der Waals surface area contributed by atoms with Crippen molar-refractivity contribution in [1.29, 1.82) is 0 Å². The third kappa shape index (κ3) is 3.44. The first-order valence-electron chi connectivity index (χ1n) is 6.03. The summed E-state index contributed by atoms with van der Waals surface area (Å²) >= 11 is 0. The first-order chi connectivity index (χ1) is 7.10. The van der Waals surface area contributed by atoms with Crippen molar-refractivity contribution >= 4 is 0 Å². The van der Waals surface area contributed by atoms with Crippen LogP contribution in [0.3, 0.4) is 0 Å². The lowest BCUT2D eigenvalue weighted by molar-refractivity contribution is -0.00335. The molecular weight excluding hydrogens is 190 g/mol. The Kier molecular flexibility index (Phi) is 5.03. The fourth-order valence-corrected chi connectivity index (χ4v) is 2.00. The highest BCUT2D eigenvalue weighted by atomic mass is 16.5. The molecule has 0 spiro atoms. The molecule has 2 atom stereocenters. The van der Waals surface area contributed by atoms with E-state index in [0.717, 1.165) is 32.8 Å². The summed E-state index contributed by atoms with van der Waals surface area (Å²) in [6.07, 6.45) is 1.41. The Labute approximate surface area is 93.5 Å². The first kappa shape index (κ1) is 12.9. The van der Waals surface area contributed by atoms with Gasteiger partial charge in [-0.1, -0.05) is 13.8 Å². The van der Waals surface area contributed by atoms with E-state index in [0.29, 0.717) is 12.1 Å². The molecule has 0 aromatic rings. The summed E-state index contributed by atoms with van der Waals surface area (Å²) in [4.78, 5) is 0. The molecular formula is C12H25NO2. The number of rotatable bonds is 6. The minimum Gasteiger partial charge on any atom is -0.381 e. The summed E-state index contributed by atoms with van der Waals surface area (Å²) in [5.41, 5.74) is 0.181. The van der Waals surface area contributed by atoms with Crippen LogP contribution in [0.1, 0.15) is 34.1 Å². The Morgan fingerprint density at radius 1 is 1.53 bits per heavy atom. The van der Waals surface area contributed by atoms with Gasteiger partial charge in [-0.2, -0.15) is 0 Å². The van der Waals surface area contributed by atoms with E-state index < -0.39 is 0 Å². The van der Waals surface area contributed by atoms with Gasteiger partial charge in [0.25, 0.3) is 0 Å².